The summed E-state index contributed by atoms with van der Waals surface area (Å²) in [5, 5.41) is 13.2. The van der Waals surface area contributed by atoms with Crippen LogP contribution in [0.2, 0.25) is 0 Å². The second-order valence-corrected chi connectivity index (χ2v) is 8.89. The molecule has 0 saturated carbocycles. The number of alkyl halides is 2. The zero-order valence-corrected chi connectivity index (χ0v) is 20.6. The first kappa shape index (κ1) is 26.1. The number of ketones is 1. The maximum Gasteiger partial charge on any atom is 0.273 e. The van der Waals surface area contributed by atoms with Crippen LogP contribution < -0.4 is 5.32 Å². The number of hydrogen-bond donors (Lipinski definition) is 2. The number of aliphatic hydroxyl groups is 1. The van der Waals surface area contributed by atoms with E-state index in [0.29, 0.717) is 17.1 Å². The highest BCUT2D eigenvalue weighted by atomic mass is 19.3. The summed E-state index contributed by atoms with van der Waals surface area (Å²) < 4.78 is 27.6. The van der Waals surface area contributed by atoms with Crippen molar-refractivity contribution in [2.45, 2.75) is 38.2 Å². The first-order chi connectivity index (χ1) is 17.9. The van der Waals surface area contributed by atoms with E-state index in [4.69, 9.17) is 0 Å². The monoisotopic (exact) mass is 501 g/mol. The Labute approximate surface area is 215 Å². The largest absolute Gasteiger partial charge is 0.394 e. The van der Waals surface area contributed by atoms with Gasteiger partial charge in [-0.3, -0.25) is 9.78 Å². The number of rotatable bonds is 11. The lowest BCUT2D eigenvalue weighted by Crippen LogP contribution is -2.16. The molecule has 190 valence electrons. The van der Waals surface area contributed by atoms with Crippen molar-refractivity contribution < 1.29 is 18.7 Å². The van der Waals surface area contributed by atoms with Crippen molar-refractivity contribution in [1.82, 2.24) is 9.97 Å². The maximum atomic E-state index is 13.8. The average molecular weight is 502 g/mol. The van der Waals surface area contributed by atoms with Crippen LogP contribution in [0.15, 0.2) is 91.3 Å². The topological polar surface area (TPSA) is 75.1 Å². The van der Waals surface area contributed by atoms with Crippen LogP contribution in [0.25, 0.3) is 11.3 Å². The van der Waals surface area contributed by atoms with E-state index in [0.717, 1.165) is 16.7 Å². The van der Waals surface area contributed by atoms with Gasteiger partial charge in [-0.15, -0.1) is 0 Å². The van der Waals surface area contributed by atoms with E-state index in [2.05, 4.69) is 15.3 Å². The van der Waals surface area contributed by atoms with E-state index in [-0.39, 0.29) is 43.3 Å². The van der Waals surface area contributed by atoms with E-state index >= 15 is 0 Å². The molecular weight excluding hydrogens is 472 g/mol. The quantitative estimate of drug-likeness (QED) is 0.258. The summed E-state index contributed by atoms with van der Waals surface area (Å²) in [4.78, 5) is 21.5. The number of halogens is 2. The molecular formula is C30H29F2N3O2. The second-order valence-electron chi connectivity index (χ2n) is 8.89. The van der Waals surface area contributed by atoms with E-state index < -0.39 is 5.92 Å². The molecule has 1 heterocycles. The third kappa shape index (κ3) is 6.62. The highest BCUT2D eigenvalue weighted by molar-refractivity contribution is 5.83. The van der Waals surface area contributed by atoms with Crippen LogP contribution in [0.5, 0.6) is 0 Å². The Morgan fingerprint density at radius 3 is 2.08 bits per heavy atom. The van der Waals surface area contributed by atoms with E-state index in [1.807, 2.05) is 54.6 Å². The van der Waals surface area contributed by atoms with Gasteiger partial charge < -0.3 is 10.4 Å². The number of nitrogens with one attached hydrogen (secondary N) is 1. The van der Waals surface area contributed by atoms with Crippen molar-refractivity contribution >= 4 is 11.6 Å². The van der Waals surface area contributed by atoms with Gasteiger partial charge >= 0.3 is 0 Å². The minimum absolute atomic E-state index is 0.00161. The van der Waals surface area contributed by atoms with Crippen LogP contribution in [-0.4, -0.2) is 27.5 Å². The fourth-order valence-corrected chi connectivity index (χ4v) is 4.11. The molecule has 3 aromatic carbocycles. The highest BCUT2D eigenvalue weighted by Gasteiger charge is 2.28. The molecule has 0 aliphatic rings. The van der Waals surface area contributed by atoms with Gasteiger partial charge in [0.15, 0.2) is 5.82 Å². The molecule has 0 fully saturated rings. The molecule has 0 aliphatic carbocycles. The maximum absolute atomic E-state index is 13.8. The minimum atomic E-state index is -2.86. The molecule has 37 heavy (non-hydrogen) atoms. The van der Waals surface area contributed by atoms with Crippen LogP contribution in [0.1, 0.15) is 41.6 Å². The second kappa shape index (κ2) is 11.8. The van der Waals surface area contributed by atoms with E-state index in [1.165, 1.54) is 19.1 Å². The van der Waals surface area contributed by atoms with Gasteiger partial charge in [0.2, 0.25) is 0 Å². The van der Waals surface area contributed by atoms with Gasteiger partial charge in [0.25, 0.3) is 5.92 Å². The molecule has 0 radical (unpaired) electrons. The number of carbonyl (C=O) groups excluding carboxylic acids is 1. The third-order valence-corrected chi connectivity index (χ3v) is 6.24. The van der Waals surface area contributed by atoms with Crippen molar-refractivity contribution in [2.24, 2.45) is 0 Å². The Hall–Kier alpha value is -3.97. The zero-order chi connectivity index (χ0) is 26.3. The SMILES string of the molecule is CCC(F)(F)c1ccc(CC(=O)Cc2ccc(-c3nccnc3NC(CO)c3ccccc3)cc2)cc1. The highest BCUT2D eigenvalue weighted by Crippen LogP contribution is 2.31. The molecule has 5 nitrogen and oxygen atoms in total. The zero-order valence-electron chi connectivity index (χ0n) is 20.6. The lowest BCUT2D eigenvalue weighted by Gasteiger charge is -2.19. The predicted octanol–water partition coefficient (Wildman–Crippen LogP) is 6.15. The normalized spacial score (nSPS) is 12.2. The molecule has 0 saturated heterocycles. The van der Waals surface area contributed by atoms with Crippen molar-refractivity contribution in [3.8, 4) is 11.3 Å². The summed E-state index contributed by atoms with van der Waals surface area (Å²) in [6.07, 6.45) is 3.35. The van der Waals surface area contributed by atoms with Crippen LogP contribution in [0.3, 0.4) is 0 Å². The molecule has 0 aliphatic heterocycles. The minimum Gasteiger partial charge on any atom is -0.394 e. The summed E-state index contributed by atoms with van der Waals surface area (Å²) in [5.41, 5.74) is 3.92. The molecule has 2 N–H and O–H groups in total. The van der Waals surface area contributed by atoms with Gasteiger partial charge in [0.1, 0.15) is 11.5 Å². The number of benzene rings is 3. The molecule has 1 unspecified atom stereocenters. The molecule has 4 rings (SSSR count). The number of Topliss-reactive ketones (excluding diaryl/α,β-unsaturated/α-hetero) is 1. The summed E-state index contributed by atoms with van der Waals surface area (Å²) in [5.74, 6) is -2.31. The first-order valence-corrected chi connectivity index (χ1v) is 12.2. The Morgan fingerprint density at radius 2 is 1.49 bits per heavy atom. The van der Waals surface area contributed by atoms with E-state index in [1.54, 1.807) is 24.5 Å². The molecule has 0 spiro atoms. The number of hydrogen-bond acceptors (Lipinski definition) is 5. The summed E-state index contributed by atoms with van der Waals surface area (Å²) >= 11 is 0. The van der Waals surface area contributed by atoms with Crippen LogP contribution in [0.4, 0.5) is 14.6 Å². The van der Waals surface area contributed by atoms with Crippen molar-refractivity contribution in [3.05, 3.63) is 114 Å². The lowest BCUT2D eigenvalue weighted by atomic mass is 9.99. The van der Waals surface area contributed by atoms with Gasteiger partial charge in [-0.25, -0.2) is 13.8 Å². The number of anilines is 1. The van der Waals surface area contributed by atoms with Gasteiger partial charge in [0, 0.05) is 42.8 Å². The first-order valence-electron chi connectivity index (χ1n) is 12.2. The fraction of sp³-hybridized carbons (Fsp3) is 0.233. The molecule has 1 aromatic heterocycles. The van der Waals surface area contributed by atoms with Gasteiger partial charge in [-0.05, 0) is 16.7 Å². The summed E-state index contributed by atoms with van der Waals surface area (Å²) in [6.45, 7) is 1.34. The molecule has 7 heteroatoms. The van der Waals surface area contributed by atoms with Crippen molar-refractivity contribution in [3.63, 3.8) is 0 Å². The van der Waals surface area contributed by atoms with Crippen LogP contribution >= 0.6 is 0 Å². The third-order valence-electron chi connectivity index (χ3n) is 6.24. The number of aliphatic hydroxyl groups excluding tert-OH is 1. The fourth-order valence-electron chi connectivity index (χ4n) is 4.11. The Morgan fingerprint density at radius 1 is 0.892 bits per heavy atom. The Bertz CT molecular complexity index is 1310. The van der Waals surface area contributed by atoms with Crippen LogP contribution in [-0.2, 0) is 23.6 Å². The average Bonchev–Trinajstić information content (AvgIpc) is 2.93. The Balaban J connectivity index is 1.42. The predicted molar refractivity (Wildman–Crippen MR) is 140 cm³/mol. The molecule has 1 atom stereocenters. The van der Waals surface area contributed by atoms with Gasteiger partial charge in [0.05, 0.1) is 12.6 Å². The number of carbonyl (C=O) groups is 1. The number of aromatic nitrogens is 2. The van der Waals surface area contributed by atoms with E-state index in [9.17, 15) is 18.7 Å². The van der Waals surface area contributed by atoms with Crippen LogP contribution in [0, 0.1) is 0 Å². The summed E-state index contributed by atoms with van der Waals surface area (Å²) in [7, 11) is 0. The molecule has 0 amide bonds. The standard InChI is InChI=1S/C30H29F2N3O2/c1-2-30(31,32)25-14-10-22(11-15-25)19-26(37)18-21-8-12-24(13-9-21)28-29(34-17-16-33-28)35-27(20-36)23-6-4-3-5-7-23/h3-17,27,36H,2,18-20H2,1H3,(H,34,35). The molecule has 0 bridgehead atoms. The smallest absolute Gasteiger partial charge is 0.273 e. The summed E-state index contributed by atoms with van der Waals surface area (Å²) in [6, 6.07) is 22.8. The van der Waals surface area contributed by atoms with Gasteiger partial charge in [-0.1, -0.05) is 85.8 Å². The lowest BCUT2D eigenvalue weighted by molar-refractivity contribution is -0.117. The molecule has 4 aromatic rings. The van der Waals surface area contributed by atoms with Crippen molar-refractivity contribution in [1.29, 1.82) is 0 Å². The Kier molecular flexibility index (Phi) is 8.36. The van der Waals surface area contributed by atoms with Crippen molar-refractivity contribution in [2.75, 3.05) is 11.9 Å². The number of nitrogens with zero attached hydrogens (tertiary/aromatic N) is 2. The van der Waals surface area contributed by atoms with Gasteiger partial charge in [-0.2, -0.15) is 0 Å².